The monoisotopic (exact) mass is 819 g/mol. The first-order valence-electron chi connectivity index (χ1n) is 19.5. The summed E-state index contributed by atoms with van der Waals surface area (Å²) >= 11 is 6.17. The van der Waals surface area contributed by atoms with Gasteiger partial charge in [0.25, 0.3) is 21.6 Å². The van der Waals surface area contributed by atoms with Gasteiger partial charge < -0.3 is 19.7 Å². The standard InChI is InChI=1S/C42H47ClFN5O7S/c43-32-9-7-31(8-10-32)39-6-1-2-19-48(39)28-30-15-20-47(21-16-30)34-11-13-37(41(25-34)56-35-5-3-4-33(44)24-35)42(50)46-57(53,54)36-12-14-38(40(26-36)49(51)52)45-27-29-17-22-55-23-18-29/h3-5,7-14,24-26,29-30,39,45H,1-2,6,15-23,27-28H2,(H,46,50). The fourth-order valence-corrected chi connectivity index (χ4v) is 9.15. The van der Waals surface area contributed by atoms with Crippen LogP contribution in [0.2, 0.25) is 5.02 Å². The molecule has 0 bridgehead atoms. The van der Waals surface area contributed by atoms with Crippen LogP contribution in [0.25, 0.3) is 0 Å². The maximum Gasteiger partial charge on any atom is 0.293 e. The lowest BCUT2D eigenvalue weighted by molar-refractivity contribution is -0.384. The lowest BCUT2D eigenvalue weighted by Crippen LogP contribution is -2.41. The molecule has 1 unspecified atom stereocenters. The smallest absolute Gasteiger partial charge is 0.293 e. The van der Waals surface area contributed by atoms with Crippen molar-refractivity contribution in [2.75, 3.05) is 56.2 Å². The predicted molar refractivity (Wildman–Crippen MR) is 217 cm³/mol. The molecular weight excluding hydrogens is 773 g/mol. The van der Waals surface area contributed by atoms with Crippen molar-refractivity contribution >= 4 is 44.6 Å². The number of halogens is 2. The molecule has 2 N–H and O–H groups in total. The van der Waals surface area contributed by atoms with Gasteiger partial charge in [0.05, 0.1) is 15.4 Å². The lowest BCUT2D eigenvalue weighted by atomic mass is 9.91. The Labute approximate surface area is 337 Å². The van der Waals surface area contributed by atoms with Gasteiger partial charge in [-0.2, -0.15) is 0 Å². The minimum absolute atomic E-state index is 0.0330. The molecule has 0 spiro atoms. The lowest BCUT2D eigenvalue weighted by Gasteiger charge is -2.41. The van der Waals surface area contributed by atoms with Crippen LogP contribution in [0.3, 0.4) is 0 Å². The molecule has 4 aromatic carbocycles. The van der Waals surface area contributed by atoms with E-state index in [1.807, 2.05) is 12.1 Å². The number of carbonyl (C=O) groups excluding carboxylic acids is 1. The SMILES string of the molecule is O=C(NS(=O)(=O)c1ccc(NCC2CCOCC2)c([N+](=O)[O-])c1)c1ccc(N2CCC(CN3CCCCC3c3ccc(Cl)cc3)CC2)cc1Oc1cccc(F)c1. The van der Waals surface area contributed by atoms with Gasteiger partial charge in [0.2, 0.25) is 0 Å². The minimum Gasteiger partial charge on any atom is -0.456 e. The summed E-state index contributed by atoms with van der Waals surface area (Å²) in [5.41, 5.74) is 1.71. The maximum atomic E-state index is 14.2. The Bertz CT molecular complexity index is 2160. The number of nitro groups is 1. The van der Waals surface area contributed by atoms with Crippen LogP contribution in [0.1, 0.15) is 66.9 Å². The number of benzene rings is 4. The number of nitrogens with one attached hydrogen (secondary N) is 2. The number of rotatable bonds is 13. The predicted octanol–water partition coefficient (Wildman–Crippen LogP) is 8.58. The number of hydrogen-bond acceptors (Lipinski definition) is 10. The molecule has 1 atom stereocenters. The number of carbonyl (C=O) groups is 1. The van der Waals surface area contributed by atoms with Crippen LogP contribution in [0.5, 0.6) is 11.5 Å². The highest BCUT2D eigenvalue weighted by Gasteiger charge is 2.30. The zero-order valence-electron chi connectivity index (χ0n) is 31.6. The van der Waals surface area contributed by atoms with Crippen LogP contribution in [-0.4, -0.2) is 70.1 Å². The highest BCUT2D eigenvalue weighted by molar-refractivity contribution is 7.90. The second-order valence-electron chi connectivity index (χ2n) is 15.0. The average molecular weight is 820 g/mol. The highest BCUT2D eigenvalue weighted by Crippen LogP contribution is 2.36. The van der Waals surface area contributed by atoms with Crippen molar-refractivity contribution in [1.29, 1.82) is 0 Å². The van der Waals surface area contributed by atoms with Crippen LogP contribution in [0, 0.1) is 27.8 Å². The van der Waals surface area contributed by atoms with E-state index in [-0.39, 0.29) is 28.7 Å². The van der Waals surface area contributed by atoms with E-state index in [9.17, 15) is 27.7 Å². The van der Waals surface area contributed by atoms with E-state index in [2.05, 4.69) is 32.0 Å². The molecule has 15 heteroatoms. The number of anilines is 2. The van der Waals surface area contributed by atoms with Crippen LogP contribution in [-0.2, 0) is 14.8 Å². The number of nitro benzene ring substituents is 1. The largest absolute Gasteiger partial charge is 0.456 e. The van der Waals surface area contributed by atoms with Gasteiger partial charge in [-0.25, -0.2) is 17.5 Å². The molecule has 12 nitrogen and oxygen atoms in total. The summed E-state index contributed by atoms with van der Waals surface area (Å²) in [7, 11) is -4.57. The summed E-state index contributed by atoms with van der Waals surface area (Å²) in [6.07, 6.45) is 7.05. The van der Waals surface area contributed by atoms with Crippen LogP contribution in [0.15, 0.2) is 89.8 Å². The molecule has 57 heavy (non-hydrogen) atoms. The number of amides is 1. The van der Waals surface area contributed by atoms with Crippen molar-refractivity contribution in [2.24, 2.45) is 11.8 Å². The zero-order valence-corrected chi connectivity index (χ0v) is 33.2. The Kier molecular flexibility index (Phi) is 12.9. The van der Waals surface area contributed by atoms with Gasteiger partial charge in [0, 0.05) is 74.3 Å². The van der Waals surface area contributed by atoms with Crippen molar-refractivity contribution in [1.82, 2.24) is 9.62 Å². The van der Waals surface area contributed by atoms with Crippen molar-refractivity contribution in [2.45, 2.75) is 55.9 Å². The molecule has 3 aliphatic rings. The Morgan fingerprint density at radius 3 is 2.42 bits per heavy atom. The summed E-state index contributed by atoms with van der Waals surface area (Å²) in [5, 5.41) is 15.8. The highest BCUT2D eigenvalue weighted by atomic mass is 35.5. The van der Waals surface area contributed by atoms with Crippen LogP contribution >= 0.6 is 11.6 Å². The number of likely N-dealkylation sites (tertiary alicyclic amines) is 1. The van der Waals surface area contributed by atoms with Gasteiger partial charge >= 0.3 is 0 Å². The molecule has 3 heterocycles. The minimum atomic E-state index is -4.57. The maximum absolute atomic E-state index is 14.2. The fraction of sp³-hybridized carbons (Fsp3) is 0.405. The number of nitrogens with zero attached hydrogens (tertiary/aromatic N) is 3. The van der Waals surface area contributed by atoms with Gasteiger partial charge in [0.15, 0.2) is 0 Å². The number of ether oxygens (including phenoxy) is 2. The van der Waals surface area contributed by atoms with E-state index in [1.54, 1.807) is 12.1 Å². The average Bonchev–Trinajstić information content (AvgIpc) is 3.21. The summed E-state index contributed by atoms with van der Waals surface area (Å²) in [4.78, 5) is 29.4. The van der Waals surface area contributed by atoms with Crippen LogP contribution < -0.4 is 19.7 Å². The Morgan fingerprint density at radius 1 is 0.912 bits per heavy atom. The summed E-state index contributed by atoms with van der Waals surface area (Å²) < 4.78 is 54.7. The number of sulfonamides is 1. The zero-order chi connectivity index (χ0) is 39.9. The van der Waals surface area contributed by atoms with Gasteiger partial charge in [-0.15, -0.1) is 0 Å². The second kappa shape index (κ2) is 18.2. The molecule has 7 rings (SSSR count). The van der Waals surface area contributed by atoms with E-state index >= 15 is 0 Å². The molecule has 0 saturated carbocycles. The van der Waals surface area contributed by atoms with Gasteiger partial charge in [-0.3, -0.25) is 19.8 Å². The van der Waals surface area contributed by atoms with E-state index in [1.165, 1.54) is 60.9 Å². The van der Waals surface area contributed by atoms with Crippen molar-refractivity contribution < 1.29 is 32.0 Å². The molecule has 0 aromatic heterocycles. The first-order valence-corrected chi connectivity index (χ1v) is 21.4. The Morgan fingerprint density at radius 2 is 1.68 bits per heavy atom. The number of hydrogen-bond donors (Lipinski definition) is 2. The van der Waals surface area contributed by atoms with Crippen molar-refractivity contribution in [3.05, 3.63) is 117 Å². The first-order chi connectivity index (χ1) is 27.5. The molecule has 1 amide bonds. The van der Waals surface area contributed by atoms with E-state index in [0.717, 1.165) is 75.1 Å². The van der Waals surface area contributed by atoms with Gasteiger partial charge in [0.1, 0.15) is 23.0 Å². The van der Waals surface area contributed by atoms with Crippen LogP contribution in [0.4, 0.5) is 21.5 Å². The fourth-order valence-electron chi connectivity index (χ4n) is 8.03. The molecule has 3 saturated heterocycles. The summed E-state index contributed by atoms with van der Waals surface area (Å²) in [6.45, 7) is 5.30. The van der Waals surface area contributed by atoms with E-state index in [0.29, 0.717) is 31.7 Å². The molecule has 0 aliphatic carbocycles. The topological polar surface area (TPSA) is 143 Å². The first kappa shape index (κ1) is 40.4. The molecule has 4 aromatic rings. The van der Waals surface area contributed by atoms with Crippen molar-refractivity contribution in [3.63, 3.8) is 0 Å². The second-order valence-corrected chi connectivity index (χ2v) is 17.2. The third-order valence-electron chi connectivity index (χ3n) is 11.2. The molecule has 302 valence electrons. The summed E-state index contributed by atoms with van der Waals surface area (Å²) in [5.74, 6) is -0.627. The molecule has 3 aliphatic heterocycles. The summed E-state index contributed by atoms with van der Waals surface area (Å²) in [6, 6.07) is 22.4. The van der Waals surface area contributed by atoms with Crippen molar-refractivity contribution in [3.8, 4) is 11.5 Å². The molecule has 0 radical (unpaired) electrons. The quantitative estimate of drug-likeness (QED) is 0.0995. The molecular formula is C42H47ClFN5O7S. The Hall–Kier alpha value is -4.76. The molecule has 3 fully saturated rings. The third-order valence-corrected chi connectivity index (χ3v) is 12.8. The normalized spacial score (nSPS) is 18.6. The number of piperidine rings is 2. The van der Waals surface area contributed by atoms with Gasteiger partial charge in [-0.05, 0) is 111 Å². The third kappa shape index (κ3) is 10.2. The van der Waals surface area contributed by atoms with Gasteiger partial charge in [-0.1, -0.05) is 36.2 Å². The van der Waals surface area contributed by atoms with E-state index < -0.39 is 37.3 Å². The Balaban J connectivity index is 1.05. The van der Waals surface area contributed by atoms with E-state index in [4.69, 9.17) is 21.1 Å².